The average molecular weight is 2230 g/mol. The summed E-state index contributed by atoms with van der Waals surface area (Å²) in [7, 11) is -67.1. The molecule has 8 aliphatic heterocycles. The summed E-state index contributed by atoms with van der Waals surface area (Å²) in [5, 5.41) is 145. The first kappa shape index (κ1) is 116. The first-order chi connectivity index (χ1) is 61.7. The monoisotopic (exact) mass is 2230 g/mol. The second-order valence-corrected chi connectivity index (χ2v) is 40.4. The van der Waals surface area contributed by atoms with Crippen molar-refractivity contribution in [3.8, 4) is 0 Å². The van der Waals surface area contributed by atoms with Gasteiger partial charge in [-0.2, -0.15) is 107 Å². The van der Waals surface area contributed by atoms with Crippen molar-refractivity contribution in [2.45, 2.75) is 239 Å². The molecule has 8 fully saturated rings. The number of hydrogen-bond acceptors (Lipinski definition) is 59. The predicted octanol–water partition coefficient (Wildman–Crippen LogP) is -20.4. The number of carboxylic acid groups (broad SMARTS) is 4. The van der Waals surface area contributed by atoms with Crippen LogP contribution in [0.4, 0.5) is 0 Å². The molecule has 136 heavy (non-hydrogen) atoms. The summed E-state index contributed by atoms with van der Waals surface area (Å²) < 4.78 is 496. The Labute approximate surface area is 757 Å². The number of aliphatic hydroxyl groups is 9. The van der Waals surface area contributed by atoms with E-state index in [1.165, 1.54) is 0 Å². The van der Waals surface area contributed by atoms with Gasteiger partial charge in [-0.05, 0) is 0 Å². The molecule has 27 N–H and O–H groups in total. The maximum Gasteiger partial charge on any atom is 0.397 e. The van der Waals surface area contributed by atoms with E-state index in [0.29, 0.717) is 0 Å². The Morgan fingerprint density at radius 1 is 0.243 bits per heavy atom. The smallest absolute Gasteiger partial charge is 0.397 e. The van der Waals surface area contributed by atoms with Crippen molar-refractivity contribution in [3.05, 3.63) is 0 Å². The van der Waals surface area contributed by atoms with E-state index in [9.17, 15) is 228 Å². The number of aliphatic hydroxyl groups excluding tert-OH is 9. The third-order valence-electron chi connectivity index (χ3n) is 19.0. The minimum atomic E-state index is -6.49. The number of carbonyl (C=O) groups is 5. The largest absolute Gasteiger partial charge is 0.479 e. The Morgan fingerprint density at radius 2 is 0.449 bits per heavy atom. The molecule has 8 rings (SSSR count). The lowest BCUT2D eigenvalue weighted by Gasteiger charge is -2.50. The van der Waals surface area contributed by atoms with Gasteiger partial charge in [0.05, 0.1) is 26.4 Å². The zero-order chi connectivity index (χ0) is 103. The number of ether oxygens (including phenoxy) is 15. The van der Waals surface area contributed by atoms with Crippen LogP contribution in [0, 0.1) is 0 Å². The predicted molar refractivity (Wildman–Crippen MR) is 385 cm³/mol. The number of hydrogen-bond donors (Lipinski definition) is 27. The third kappa shape index (κ3) is 32.3. The lowest BCUT2D eigenvalue weighted by Crippen LogP contribution is -2.71. The quantitative estimate of drug-likeness (QED) is 0.0199. The zero-order valence-electron chi connectivity index (χ0n) is 65.1. The minimum Gasteiger partial charge on any atom is -0.479 e. The van der Waals surface area contributed by atoms with E-state index in [1.807, 2.05) is 0 Å². The molecule has 0 aromatic carbocycles. The topological polar surface area (TPSA) is 1190 Å². The van der Waals surface area contributed by atoms with Crippen LogP contribution >= 0.6 is 0 Å². The fourth-order valence-electron chi connectivity index (χ4n) is 13.8. The molecular formula is C48H75N3O74S11. The van der Waals surface area contributed by atoms with Crippen molar-refractivity contribution in [2.24, 2.45) is 0 Å². The molecule has 792 valence electrons. The van der Waals surface area contributed by atoms with Crippen molar-refractivity contribution < 1.29 is 338 Å². The summed E-state index contributed by atoms with van der Waals surface area (Å²) in [5.74, 6) is -10.2. The van der Waals surface area contributed by atoms with Gasteiger partial charge < -0.3 is 142 Å². The van der Waals surface area contributed by atoms with Crippen molar-refractivity contribution in [3.63, 3.8) is 0 Å². The standard InChI is InChI=1S/C48H75N3O74S11/c52-1-6-14(53)23(7(107-6)2-103-129(79,80)81)111-46-32(123-134(94,95)96)20(59)27(35(119-46)39(64)65)115-43-12(50-127(73,74)75)16(55)25(9(109-43)4-105-131(85,86)87)113-48-34(125-136(100,101)102)22(61)29(37(121-48)41(68)69)117-44-13(51-128(76,77)78)17(56)26(10(110-44)5-106-132(88,89)90)114-47-33(124-135(97,98)99)21(60)28(36(120-47)40(66)67)116-42-11(49-126(70,71)72)15(54)24(8(108-42)3-104-130(82,83)84)112-45-31(122-133(91,92)93)19(58)18(57)30(118-45)38(62)63/h1,6-37,42-51,53-61H,2-5H2,(H,62,63)(H,64,65)(H,66,67)(H,68,69)(H,70,71,72)(H,73,74,75)(H,76,77,78)(H,79,80,81)(H,82,83,84)(H,85,86,87)(H,88,89,90)(H,91,92,93)(H,94,95,96)(H,97,98,99)(H,100,101,102)/t6-,7-,8-,9-,10-,11-,12-,13-,14-,15-,16-,17-,18+,19+,20+,21+,22+,23-,24-,25-,26-,27+,28+,29+,30-,31-,32-,33-,34-,35-,36-,37-,42-,43-,44-,45-,46-,47-,48-/m1/s1. The zero-order valence-corrected chi connectivity index (χ0v) is 74.0. The maximum atomic E-state index is 13.4. The highest BCUT2D eigenvalue weighted by molar-refractivity contribution is 7.84. The van der Waals surface area contributed by atoms with Crippen molar-refractivity contribution in [1.82, 2.24) is 14.2 Å². The molecule has 0 aromatic heterocycles. The Hall–Kier alpha value is -4.84. The number of nitrogens with one attached hydrogen (secondary N) is 3. The van der Waals surface area contributed by atoms with E-state index < -0.39 is 404 Å². The van der Waals surface area contributed by atoms with Gasteiger partial charge in [-0.15, -0.1) is 0 Å². The van der Waals surface area contributed by atoms with E-state index in [2.05, 4.69) is 33.5 Å². The molecule has 0 bridgehead atoms. The number of carboxylic acids is 4. The minimum absolute atomic E-state index is 0.201. The first-order valence-electron chi connectivity index (χ1n) is 35.4. The fourth-order valence-corrected chi connectivity index (χ4v) is 18.7. The van der Waals surface area contributed by atoms with Crippen LogP contribution in [0.1, 0.15) is 0 Å². The summed E-state index contributed by atoms with van der Waals surface area (Å²) in [4.78, 5) is 63.6. The third-order valence-corrected chi connectivity index (χ3v) is 24.3. The summed E-state index contributed by atoms with van der Waals surface area (Å²) >= 11 is 0. The van der Waals surface area contributed by atoms with Gasteiger partial charge in [0.15, 0.2) is 99.1 Å². The van der Waals surface area contributed by atoms with Crippen LogP contribution in [0.5, 0.6) is 0 Å². The molecule has 0 aromatic rings. The van der Waals surface area contributed by atoms with Gasteiger partial charge in [0, 0.05) is 0 Å². The van der Waals surface area contributed by atoms with Crippen LogP contribution in [0.15, 0.2) is 0 Å². The van der Waals surface area contributed by atoms with E-state index in [1.54, 1.807) is 0 Å². The van der Waals surface area contributed by atoms with E-state index in [4.69, 9.17) is 75.6 Å². The molecule has 8 heterocycles. The first-order valence-corrected chi connectivity index (χ1v) is 50.6. The second-order valence-electron chi connectivity index (χ2n) is 28.2. The normalized spacial score (nSPS) is 39.7. The van der Waals surface area contributed by atoms with Crippen LogP contribution in [0.2, 0.25) is 0 Å². The number of carbonyl (C=O) groups excluding carboxylic acids is 1. The van der Waals surface area contributed by atoms with Gasteiger partial charge in [-0.3, -0.25) is 50.1 Å². The lowest BCUT2D eigenvalue weighted by atomic mass is 9.94. The van der Waals surface area contributed by atoms with Crippen LogP contribution in [-0.2, 0) is 243 Å². The molecule has 8 aliphatic rings. The molecule has 8 saturated heterocycles. The van der Waals surface area contributed by atoms with Crippen molar-refractivity contribution in [1.29, 1.82) is 0 Å². The Balaban J connectivity index is 1.15. The van der Waals surface area contributed by atoms with Crippen molar-refractivity contribution in [2.75, 3.05) is 26.4 Å². The van der Waals surface area contributed by atoms with E-state index in [-0.39, 0.29) is 6.29 Å². The molecule has 0 spiro atoms. The van der Waals surface area contributed by atoms with Gasteiger partial charge >= 0.3 is 138 Å². The van der Waals surface area contributed by atoms with Crippen LogP contribution in [-0.4, -0.2) is 505 Å². The van der Waals surface area contributed by atoms with Gasteiger partial charge in [0.1, 0.15) is 146 Å². The summed E-state index contributed by atoms with van der Waals surface area (Å²) in [5.41, 5.74) is 0. The molecule has 0 saturated carbocycles. The highest BCUT2D eigenvalue weighted by Gasteiger charge is 2.65. The molecule has 0 radical (unpaired) electrons. The van der Waals surface area contributed by atoms with Crippen LogP contribution in [0.3, 0.4) is 0 Å². The summed E-state index contributed by atoms with van der Waals surface area (Å²) in [6.45, 7) is -7.66. The van der Waals surface area contributed by atoms with Crippen LogP contribution < -0.4 is 14.2 Å². The highest BCUT2D eigenvalue weighted by atomic mass is 32.3. The van der Waals surface area contributed by atoms with Crippen molar-refractivity contribution >= 4 is 144 Å². The van der Waals surface area contributed by atoms with Gasteiger partial charge in [0.25, 0.3) is 0 Å². The molecule has 0 aliphatic carbocycles. The van der Waals surface area contributed by atoms with Crippen LogP contribution in [0.25, 0.3) is 0 Å². The molecule has 39 atom stereocenters. The number of aldehydes is 1. The summed E-state index contributed by atoms with van der Waals surface area (Å²) in [6, 6.07) is -9.65. The molecule has 88 heteroatoms. The number of rotatable bonds is 45. The van der Waals surface area contributed by atoms with Gasteiger partial charge in [0.2, 0.25) is 0 Å². The average Bonchev–Trinajstić information content (AvgIpc) is 0.845. The fraction of sp³-hybridized carbons (Fsp3) is 0.896. The number of aliphatic carboxylic acids is 4. The summed E-state index contributed by atoms with van der Waals surface area (Å²) in [6.07, 6.45) is -113. The highest BCUT2D eigenvalue weighted by Crippen LogP contribution is 2.42. The molecule has 0 unspecified atom stereocenters. The SMILES string of the molecule is O=C[C@H]1O[C@H](COS(=O)(=O)O)[C@@H](O[C@@H]2O[C@@H](C(=O)O)[C@@H](O[C@H]3O[C@H](COS(=O)(=O)O)[C@@H](O[C@@H]4O[C@@H](C(=O)O)[C@@H](O[C@H]5O[C@H](COS(=O)(=O)O)[C@@H](O[C@@H]6O[C@@H](C(=O)O)[C@@H](O[C@H]7O[C@H](COS(=O)(=O)O)[C@@H](O[C@@H]8O[C@@H](C(=O)O)[C@@H](O)[C@H](O)[C@H]8OS(=O)(=O)O)[C@H](O)[C@H]7NS(=O)(=O)O)[C@H](O)[C@H]6OS(=O)(=O)O)[C@H](O)[C@H]5NS(=O)(=O)O)[C@H](O)[C@H]4OS(=O)(=O)O)[C@H](O)[C@H]3NS(=O)(=O)O)[C@H](O)[C@H]2OS(=O)(=O)O)[C@@H]1O. The molecule has 0 amide bonds. The van der Waals surface area contributed by atoms with E-state index in [0.717, 1.165) is 14.2 Å². The Morgan fingerprint density at radius 3 is 0.654 bits per heavy atom. The second kappa shape index (κ2) is 44.4. The van der Waals surface area contributed by atoms with Gasteiger partial charge in [-0.1, -0.05) is 0 Å². The maximum absolute atomic E-state index is 13.4. The van der Waals surface area contributed by atoms with E-state index >= 15 is 0 Å². The molecule has 77 nitrogen and oxygen atoms in total. The Kier molecular flexibility index (Phi) is 38.0. The molecular weight excluding hydrogens is 2160 g/mol. The lowest BCUT2D eigenvalue weighted by molar-refractivity contribution is -0.378. The Bertz CT molecular complexity index is 5580. The van der Waals surface area contributed by atoms with Gasteiger partial charge in [-0.25, -0.2) is 52.6 Å².